The molecule has 1 aliphatic rings. The predicted molar refractivity (Wildman–Crippen MR) is 113 cm³/mol. The Bertz CT molecular complexity index is 1170. The molecule has 2 aromatic carbocycles. The second-order valence-corrected chi connectivity index (χ2v) is 7.64. The molecule has 2 heterocycles. The van der Waals surface area contributed by atoms with Crippen molar-refractivity contribution < 1.29 is 14.7 Å². The van der Waals surface area contributed by atoms with E-state index in [0.29, 0.717) is 22.5 Å². The standard InChI is InChI=1S/C22H17BrN2O3/c1-11-18(24-12(2)19(11)22(27)28)10-16-20-15(13-5-3-6-14(23)9-13)7-4-8-17(20)25-21(16)26/h3-10,24H,1-2H3,(H,25,26)(H,27,28). The summed E-state index contributed by atoms with van der Waals surface area (Å²) in [5.74, 6) is -1.19. The number of anilines is 1. The van der Waals surface area contributed by atoms with Gasteiger partial charge in [0.1, 0.15) is 0 Å². The number of carbonyl (C=O) groups excluding carboxylic acids is 1. The van der Waals surface area contributed by atoms with Gasteiger partial charge in [-0.05, 0) is 54.8 Å². The van der Waals surface area contributed by atoms with Crippen molar-refractivity contribution in [1.29, 1.82) is 0 Å². The van der Waals surface area contributed by atoms with Crippen LogP contribution >= 0.6 is 15.9 Å². The van der Waals surface area contributed by atoms with Gasteiger partial charge in [-0.3, -0.25) is 4.79 Å². The highest BCUT2D eigenvalue weighted by molar-refractivity contribution is 9.10. The number of amides is 1. The van der Waals surface area contributed by atoms with Crippen molar-refractivity contribution in [2.24, 2.45) is 0 Å². The zero-order valence-corrected chi connectivity index (χ0v) is 16.8. The number of hydrogen-bond acceptors (Lipinski definition) is 2. The number of carbonyl (C=O) groups is 2. The molecule has 3 N–H and O–H groups in total. The van der Waals surface area contributed by atoms with E-state index in [2.05, 4.69) is 26.2 Å². The highest BCUT2D eigenvalue weighted by Crippen LogP contribution is 2.41. The van der Waals surface area contributed by atoms with Crippen molar-refractivity contribution in [3.63, 3.8) is 0 Å². The minimum Gasteiger partial charge on any atom is -0.478 e. The van der Waals surface area contributed by atoms with Crippen LogP contribution in [0.5, 0.6) is 0 Å². The van der Waals surface area contributed by atoms with Gasteiger partial charge in [0.15, 0.2) is 0 Å². The Morgan fingerprint density at radius 3 is 2.57 bits per heavy atom. The smallest absolute Gasteiger partial charge is 0.337 e. The van der Waals surface area contributed by atoms with Crippen molar-refractivity contribution in [2.45, 2.75) is 13.8 Å². The monoisotopic (exact) mass is 436 g/mol. The van der Waals surface area contributed by atoms with Crippen LogP contribution in [0.15, 0.2) is 46.9 Å². The number of carboxylic acids is 1. The number of aromatic amines is 1. The molecule has 140 valence electrons. The fourth-order valence-corrected chi connectivity index (χ4v) is 4.07. The van der Waals surface area contributed by atoms with Crippen molar-refractivity contribution >= 4 is 45.1 Å². The predicted octanol–water partition coefficient (Wildman–Crippen LogP) is 5.25. The van der Waals surface area contributed by atoms with Gasteiger partial charge >= 0.3 is 5.97 Å². The molecular formula is C22H17BrN2O3. The van der Waals surface area contributed by atoms with Crippen LogP contribution in [0, 0.1) is 13.8 Å². The van der Waals surface area contributed by atoms with Crippen molar-refractivity contribution in [3.05, 3.63) is 75.0 Å². The molecule has 0 saturated carbocycles. The van der Waals surface area contributed by atoms with Crippen LogP contribution in [-0.2, 0) is 4.79 Å². The van der Waals surface area contributed by atoms with E-state index < -0.39 is 5.97 Å². The topological polar surface area (TPSA) is 82.2 Å². The number of fused-ring (bicyclic) bond motifs is 1. The molecule has 0 spiro atoms. The van der Waals surface area contributed by atoms with Crippen LogP contribution in [0.3, 0.4) is 0 Å². The Labute approximate surface area is 170 Å². The number of aromatic carboxylic acids is 1. The summed E-state index contributed by atoms with van der Waals surface area (Å²) in [6.45, 7) is 3.46. The number of H-pyrrole nitrogens is 1. The second-order valence-electron chi connectivity index (χ2n) is 6.72. The number of benzene rings is 2. The fourth-order valence-electron chi connectivity index (χ4n) is 3.67. The summed E-state index contributed by atoms with van der Waals surface area (Å²) >= 11 is 3.50. The molecule has 0 radical (unpaired) electrons. The molecular weight excluding hydrogens is 420 g/mol. The van der Waals surface area contributed by atoms with Gasteiger partial charge in [0.2, 0.25) is 0 Å². The summed E-state index contributed by atoms with van der Waals surface area (Å²) in [5, 5.41) is 12.3. The van der Waals surface area contributed by atoms with Crippen LogP contribution in [0.25, 0.3) is 22.8 Å². The molecule has 1 aromatic heterocycles. The molecule has 1 amide bonds. The lowest BCUT2D eigenvalue weighted by Gasteiger charge is -2.09. The van der Waals surface area contributed by atoms with E-state index in [9.17, 15) is 14.7 Å². The molecule has 28 heavy (non-hydrogen) atoms. The minimum absolute atomic E-state index is 0.207. The molecule has 0 atom stereocenters. The number of aryl methyl sites for hydroxylation is 1. The third-order valence-corrected chi connectivity index (χ3v) is 5.43. The first-order valence-electron chi connectivity index (χ1n) is 8.71. The highest BCUT2D eigenvalue weighted by atomic mass is 79.9. The SMILES string of the molecule is Cc1[nH]c(C=C2C(=O)Nc3cccc(-c4cccc(Br)c4)c32)c(C)c1C(=O)O. The van der Waals surface area contributed by atoms with Gasteiger partial charge in [-0.15, -0.1) is 0 Å². The van der Waals surface area contributed by atoms with Crippen LogP contribution in [-0.4, -0.2) is 22.0 Å². The second kappa shape index (κ2) is 6.80. The molecule has 0 fully saturated rings. The molecule has 1 aliphatic heterocycles. The van der Waals surface area contributed by atoms with Crippen LogP contribution in [0.1, 0.15) is 32.9 Å². The Hall–Kier alpha value is -3.12. The molecule has 0 unspecified atom stereocenters. The number of rotatable bonds is 3. The Morgan fingerprint density at radius 2 is 1.89 bits per heavy atom. The Morgan fingerprint density at radius 1 is 1.14 bits per heavy atom. The van der Waals surface area contributed by atoms with E-state index in [0.717, 1.165) is 26.9 Å². The van der Waals surface area contributed by atoms with Gasteiger partial charge < -0.3 is 15.4 Å². The lowest BCUT2D eigenvalue weighted by Crippen LogP contribution is -2.03. The summed E-state index contributed by atoms with van der Waals surface area (Å²) in [7, 11) is 0. The number of hydrogen-bond donors (Lipinski definition) is 3. The van der Waals surface area contributed by atoms with E-state index >= 15 is 0 Å². The maximum atomic E-state index is 12.7. The zero-order valence-electron chi connectivity index (χ0n) is 15.3. The van der Waals surface area contributed by atoms with E-state index in [4.69, 9.17) is 0 Å². The third-order valence-electron chi connectivity index (χ3n) is 4.94. The van der Waals surface area contributed by atoms with Gasteiger partial charge in [-0.1, -0.05) is 40.2 Å². The van der Waals surface area contributed by atoms with E-state index in [1.807, 2.05) is 42.5 Å². The van der Waals surface area contributed by atoms with Crippen LogP contribution < -0.4 is 5.32 Å². The lowest BCUT2D eigenvalue weighted by atomic mass is 9.94. The molecule has 3 aromatic rings. The minimum atomic E-state index is -0.984. The summed E-state index contributed by atoms with van der Waals surface area (Å²) < 4.78 is 0.951. The summed E-state index contributed by atoms with van der Waals surface area (Å²) in [4.78, 5) is 27.3. The van der Waals surface area contributed by atoms with Crippen LogP contribution in [0.4, 0.5) is 5.69 Å². The van der Waals surface area contributed by atoms with Crippen molar-refractivity contribution in [1.82, 2.24) is 4.98 Å². The lowest BCUT2D eigenvalue weighted by molar-refractivity contribution is -0.110. The molecule has 0 saturated heterocycles. The maximum absolute atomic E-state index is 12.7. The molecule has 0 bridgehead atoms. The number of carboxylic acid groups (broad SMARTS) is 1. The van der Waals surface area contributed by atoms with Crippen LogP contribution in [0.2, 0.25) is 0 Å². The summed E-state index contributed by atoms with van der Waals surface area (Å²) in [5.41, 5.74) is 6.02. The average molecular weight is 437 g/mol. The number of aromatic nitrogens is 1. The molecule has 0 aliphatic carbocycles. The first-order chi connectivity index (χ1) is 13.4. The van der Waals surface area contributed by atoms with Gasteiger partial charge in [0.25, 0.3) is 5.91 Å². The third kappa shape index (κ3) is 2.96. The summed E-state index contributed by atoms with van der Waals surface area (Å²) in [6, 6.07) is 13.6. The normalized spacial score (nSPS) is 14.2. The Kier molecular flexibility index (Phi) is 4.43. The van der Waals surface area contributed by atoms with E-state index in [-0.39, 0.29) is 11.5 Å². The average Bonchev–Trinajstić information content (AvgIpc) is 3.11. The molecule has 5 nitrogen and oxygen atoms in total. The number of nitrogens with one attached hydrogen (secondary N) is 2. The highest BCUT2D eigenvalue weighted by Gasteiger charge is 2.28. The number of halogens is 1. The first-order valence-corrected chi connectivity index (χ1v) is 9.51. The summed E-state index contributed by atoms with van der Waals surface area (Å²) in [6.07, 6.45) is 1.73. The van der Waals surface area contributed by atoms with E-state index in [1.54, 1.807) is 19.9 Å². The largest absolute Gasteiger partial charge is 0.478 e. The van der Waals surface area contributed by atoms with Crippen molar-refractivity contribution in [2.75, 3.05) is 5.32 Å². The maximum Gasteiger partial charge on any atom is 0.337 e. The van der Waals surface area contributed by atoms with E-state index in [1.165, 1.54) is 0 Å². The van der Waals surface area contributed by atoms with Gasteiger partial charge in [0, 0.05) is 27.1 Å². The van der Waals surface area contributed by atoms with Gasteiger partial charge in [-0.2, -0.15) is 0 Å². The molecule has 6 heteroatoms. The first kappa shape index (κ1) is 18.3. The van der Waals surface area contributed by atoms with Gasteiger partial charge in [-0.25, -0.2) is 4.79 Å². The zero-order chi connectivity index (χ0) is 20.0. The fraction of sp³-hybridized carbons (Fsp3) is 0.0909. The quantitative estimate of drug-likeness (QED) is 0.490. The molecule has 4 rings (SSSR count). The van der Waals surface area contributed by atoms with Gasteiger partial charge in [0.05, 0.1) is 11.1 Å². The Balaban J connectivity index is 1.92. The van der Waals surface area contributed by atoms with Crippen molar-refractivity contribution in [3.8, 4) is 11.1 Å².